The van der Waals surface area contributed by atoms with Crippen LogP contribution in [0.2, 0.25) is 0 Å². The Labute approximate surface area is 70.8 Å². The van der Waals surface area contributed by atoms with Crippen LogP contribution >= 0.6 is 0 Å². The number of aromatic nitrogens is 1. The summed E-state index contributed by atoms with van der Waals surface area (Å²) in [5.41, 5.74) is 0. The maximum Gasteiger partial charge on any atom is 0.141 e. The van der Waals surface area contributed by atoms with E-state index in [1.54, 1.807) is 18.1 Å². The summed E-state index contributed by atoms with van der Waals surface area (Å²) >= 11 is 0. The number of halogens is 1. The third-order valence-corrected chi connectivity index (χ3v) is 1.43. The maximum absolute atomic E-state index is 12.4. The molecule has 3 nitrogen and oxygen atoms in total. The molecule has 0 aromatic carbocycles. The van der Waals surface area contributed by atoms with Crippen LogP contribution in [-0.4, -0.2) is 25.9 Å². The molecule has 0 aliphatic carbocycles. The molecule has 0 saturated carbocycles. The predicted octanol–water partition coefficient (Wildman–Crippen LogP) is 1.26. The fraction of sp³-hybridized carbons (Fsp3) is 0.375. The van der Waals surface area contributed by atoms with Gasteiger partial charge in [-0.1, -0.05) is 0 Å². The molecule has 1 rings (SSSR count). The lowest BCUT2D eigenvalue weighted by Gasteiger charge is -2.15. The number of ether oxygens (including phenoxy) is 1. The second-order valence-corrected chi connectivity index (χ2v) is 2.45. The standard InChI is InChI=1S/C8H11FN2O/c1-11(6-12-2)8-4-3-7(9)5-10-8/h3-5H,6H2,1-2H3. The molecule has 12 heavy (non-hydrogen) atoms. The van der Waals surface area contributed by atoms with Crippen LogP contribution in [0.3, 0.4) is 0 Å². The summed E-state index contributed by atoms with van der Waals surface area (Å²) in [6.07, 6.45) is 1.18. The van der Waals surface area contributed by atoms with Gasteiger partial charge in [0.2, 0.25) is 0 Å². The second kappa shape index (κ2) is 4.01. The summed E-state index contributed by atoms with van der Waals surface area (Å²) in [4.78, 5) is 5.64. The maximum atomic E-state index is 12.4. The summed E-state index contributed by atoms with van der Waals surface area (Å²) in [6, 6.07) is 2.98. The van der Waals surface area contributed by atoms with Crippen molar-refractivity contribution in [2.75, 3.05) is 25.8 Å². The fourth-order valence-electron chi connectivity index (χ4n) is 0.854. The summed E-state index contributed by atoms with van der Waals surface area (Å²) in [7, 11) is 3.42. The van der Waals surface area contributed by atoms with Crippen LogP contribution in [0.15, 0.2) is 18.3 Å². The Hall–Kier alpha value is -1.16. The molecule has 1 aromatic rings. The molecule has 0 fully saturated rings. The highest BCUT2D eigenvalue weighted by Crippen LogP contribution is 2.07. The van der Waals surface area contributed by atoms with E-state index >= 15 is 0 Å². The lowest BCUT2D eigenvalue weighted by Crippen LogP contribution is -2.20. The van der Waals surface area contributed by atoms with Crippen LogP contribution in [0, 0.1) is 5.82 Å². The molecule has 4 heteroatoms. The number of methoxy groups -OCH3 is 1. The summed E-state index contributed by atoms with van der Waals surface area (Å²) < 4.78 is 17.3. The SMILES string of the molecule is COCN(C)c1ccc(F)cn1. The average Bonchev–Trinajstić information content (AvgIpc) is 2.06. The Morgan fingerprint density at radius 3 is 2.83 bits per heavy atom. The predicted molar refractivity (Wildman–Crippen MR) is 44.5 cm³/mol. The normalized spacial score (nSPS) is 9.92. The number of hydrogen-bond donors (Lipinski definition) is 0. The average molecular weight is 170 g/mol. The summed E-state index contributed by atoms with van der Waals surface area (Å²) in [5, 5.41) is 0. The lowest BCUT2D eigenvalue weighted by atomic mass is 10.4. The fourth-order valence-corrected chi connectivity index (χ4v) is 0.854. The van der Waals surface area contributed by atoms with Crippen LogP contribution in [0.1, 0.15) is 0 Å². The first-order valence-electron chi connectivity index (χ1n) is 3.55. The van der Waals surface area contributed by atoms with E-state index < -0.39 is 0 Å². The van der Waals surface area contributed by atoms with Crippen molar-refractivity contribution < 1.29 is 9.13 Å². The van der Waals surface area contributed by atoms with Gasteiger partial charge in [0.15, 0.2) is 0 Å². The highest BCUT2D eigenvalue weighted by atomic mass is 19.1. The largest absolute Gasteiger partial charge is 0.364 e. The molecule has 0 unspecified atom stereocenters. The molecule has 66 valence electrons. The lowest BCUT2D eigenvalue weighted by molar-refractivity contribution is 0.201. The molecule has 0 saturated heterocycles. The monoisotopic (exact) mass is 170 g/mol. The van der Waals surface area contributed by atoms with Gasteiger partial charge in [-0.15, -0.1) is 0 Å². The summed E-state index contributed by atoms with van der Waals surface area (Å²) in [6.45, 7) is 0.443. The number of pyridine rings is 1. The van der Waals surface area contributed by atoms with Gasteiger partial charge in [0.25, 0.3) is 0 Å². The molecule has 0 spiro atoms. The zero-order chi connectivity index (χ0) is 8.97. The van der Waals surface area contributed by atoms with E-state index in [2.05, 4.69) is 4.98 Å². The van der Waals surface area contributed by atoms with E-state index in [9.17, 15) is 4.39 Å². The number of rotatable bonds is 3. The zero-order valence-corrected chi connectivity index (χ0v) is 7.12. The van der Waals surface area contributed by atoms with E-state index in [0.717, 1.165) is 0 Å². The van der Waals surface area contributed by atoms with E-state index in [1.807, 2.05) is 7.05 Å². The van der Waals surface area contributed by atoms with Crippen LogP contribution in [0.4, 0.5) is 10.2 Å². The highest BCUT2D eigenvalue weighted by Gasteiger charge is 2.00. The quantitative estimate of drug-likeness (QED) is 0.638. The van der Waals surface area contributed by atoms with Crippen molar-refractivity contribution in [2.24, 2.45) is 0 Å². The smallest absolute Gasteiger partial charge is 0.141 e. The third-order valence-electron chi connectivity index (χ3n) is 1.43. The first-order valence-corrected chi connectivity index (χ1v) is 3.55. The minimum atomic E-state index is -0.329. The second-order valence-electron chi connectivity index (χ2n) is 2.45. The van der Waals surface area contributed by atoms with Crippen molar-refractivity contribution in [1.29, 1.82) is 0 Å². The van der Waals surface area contributed by atoms with E-state index in [-0.39, 0.29) is 5.82 Å². The Bertz CT molecular complexity index is 237. The van der Waals surface area contributed by atoms with Crippen molar-refractivity contribution in [1.82, 2.24) is 4.98 Å². The van der Waals surface area contributed by atoms with Gasteiger partial charge in [-0.2, -0.15) is 0 Å². The molecular formula is C8H11FN2O. The van der Waals surface area contributed by atoms with Crippen LogP contribution in [-0.2, 0) is 4.74 Å². The minimum Gasteiger partial charge on any atom is -0.364 e. The van der Waals surface area contributed by atoms with Crippen molar-refractivity contribution in [3.8, 4) is 0 Å². The number of hydrogen-bond acceptors (Lipinski definition) is 3. The van der Waals surface area contributed by atoms with Crippen LogP contribution in [0.5, 0.6) is 0 Å². The van der Waals surface area contributed by atoms with Gasteiger partial charge in [-0.3, -0.25) is 0 Å². The van der Waals surface area contributed by atoms with Crippen molar-refractivity contribution in [3.05, 3.63) is 24.1 Å². The van der Waals surface area contributed by atoms with Gasteiger partial charge in [0.1, 0.15) is 18.4 Å². The molecule has 1 heterocycles. The van der Waals surface area contributed by atoms with Crippen molar-refractivity contribution in [2.45, 2.75) is 0 Å². The minimum absolute atomic E-state index is 0.329. The van der Waals surface area contributed by atoms with E-state index in [4.69, 9.17) is 4.74 Å². The Kier molecular flexibility index (Phi) is 2.99. The molecule has 1 aromatic heterocycles. The van der Waals surface area contributed by atoms with Crippen molar-refractivity contribution in [3.63, 3.8) is 0 Å². The van der Waals surface area contributed by atoms with Crippen molar-refractivity contribution >= 4 is 5.82 Å². The van der Waals surface area contributed by atoms with Crippen LogP contribution < -0.4 is 4.90 Å². The number of anilines is 1. The molecule has 0 N–H and O–H groups in total. The first kappa shape index (κ1) is 8.93. The highest BCUT2D eigenvalue weighted by molar-refractivity contribution is 5.35. The zero-order valence-electron chi connectivity index (χ0n) is 7.12. The molecule has 0 radical (unpaired) electrons. The Morgan fingerprint density at radius 1 is 1.58 bits per heavy atom. The molecule has 0 atom stereocenters. The van der Waals surface area contributed by atoms with Gasteiger partial charge in [-0.25, -0.2) is 9.37 Å². The van der Waals surface area contributed by atoms with Gasteiger partial charge in [-0.05, 0) is 12.1 Å². The van der Waals surface area contributed by atoms with Gasteiger partial charge in [0, 0.05) is 14.2 Å². The summed E-state index contributed by atoms with van der Waals surface area (Å²) in [5.74, 6) is 0.364. The van der Waals surface area contributed by atoms with Gasteiger partial charge in [0.05, 0.1) is 6.20 Å². The van der Waals surface area contributed by atoms with E-state index in [0.29, 0.717) is 12.5 Å². The van der Waals surface area contributed by atoms with Gasteiger partial charge >= 0.3 is 0 Å². The molecule has 0 aliphatic rings. The first-order chi connectivity index (χ1) is 5.74. The Morgan fingerprint density at radius 2 is 2.33 bits per heavy atom. The van der Waals surface area contributed by atoms with E-state index in [1.165, 1.54) is 12.3 Å². The molecule has 0 amide bonds. The Balaban J connectivity index is 2.68. The number of nitrogens with zero attached hydrogens (tertiary/aromatic N) is 2. The van der Waals surface area contributed by atoms with Crippen LogP contribution in [0.25, 0.3) is 0 Å². The molecule has 0 aliphatic heterocycles. The molecule has 0 bridgehead atoms. The topological polar surface area (TPSA) is 25.4 Å². The third kappa shape index (κ3) is 2.17. The molecular weight excluding hydrogens is 159 g/mol. The van der Waals surface area contributed by atoms with Gasteiger partial charge < -0.3 is 9.64 Å².